The first-order chi connectivity index (χ1) is 8.45. The number of benzene rings is 1. The number of hydrogen-bond acceptors (Lipinski definition) is 3. The Bertz CT molecular complexity index is 551. The number of carbonyl (C=O) groups is 2. The number of rotatable bonds is 2. The predicted octanol–water partition coefficient (Wildman–Crippen LogP) is 1.72. The zero-order valence-corrected chi connectivity index (χ0v) is 9.41. The van der Waals surface area contributed by atoms with Gasteiger partial charge in [0.2, 0.25) is 0 Å². The Morgan fingerprint density at radius 2 is 1.67 bits per heavy atom. The van der Waals surface area contributed by atoms with Crippen molar-refractivity contribution in [1.29, 1.82) is 5.26 Å². The van der Waals surface area contributed by atoms with Crippen LogP contribution in [-0.2, 0) is 0 Å². The lowest BCUT2D eigenvalue weighted by Gasteiger charge is -2.14. The molecular formula is C12H8F2N2O2. The van der Waals surface area contributed by atoms with Gasteiger partial charge in [-0.1, -0.05) is 0 Å². The van der Waals surface area contributed by atoms with Crippen molar-refractivity contribution in [3.8, 4) is 6.07 Å². The van der Waals surface area contributed by atoms with E-state index in [-0.39, 0.29) is 17.7 Å². The molecule has 0 bridgehead atoms. The molecule has 4 nitrogen and oxygen atoms in total. The van der Waals surface area contributed by atoms with E-state index in [2.05, 4.69) is 0 Å². The molecule has 1 aromatic rings. The molecule has 1 unspecified atom stereocenters. The molecule has 0 aliphatic carbocycles. The Kier molecular flexibility index (Phi) is 2.83. The van der Waals surface area contributed by atoms with Gasteiger partial charge in [-0.25, -0.2) is 8.78 Å². The SMILES string of the molecule is CC(C#N)CN1C(=O)c2cc(F)c(F)cc2C1=O. The van der Waals surface area contributed by atoms with Crippen LogP contribution in [-0.4, -0.2) is 23.3 Å². The van der Waals surface area contributed by atoms with Crippen LogP contribution in [0.2, 0.25) is 0 Å². The summed E-state index contributed by atoms with van der Waals surface area (Å²) < 4.78 is 26.0. The molecule has 0 aromatic heterocycles. The number of nitrogens with zero attached hydrogens (tertiary/aromatic N) is 2. The third kappa shape index (κ3) is 1.74. The summed E-state index contributed by atoms with van der Waals surface area (Å²) in [6.45, 7) is 1.46. The molecule has 0 spiro atoms. The predicted molar refractivity (Wildman–Crippen MR) is 56.5 cm³/mol. The number of nitriles is 1. The quantitative estimate of drug-likeness (QED) is 0.751. The number of fused-ring (bicyclic) bond motifs is 1. The Hall–Kier alpha value is -2.29. The van der Waals surface area contributed by atoms with E-state index in [1.54, 1.807) is 6.92 Å². The first kappa shape index (κ1) is 12.2. The van der Waals surface area contributed by atoms with Gasteiger partial charge in [-0.3, -0.25) is 14.5 Å². The monoisotopic (exact) mass is 250 g/mol. The maximum absolute atomic E-state index is 13.0. The van der Waals surface area contributed by atoms with E-state index >= 15 is 0 Å². The molecule has 1 aromatic carbocycles. The number of hydrogen-bond donors (Lipinski definition) is 0. The highest BCUT2D eigenvalue weighted by molar-refractivity contribution is 6.21. The van der Waals surface area contributed by atoms with Crippen molar-refractivity contribution in [3.05, 3.63) is 34.9 Å². The summed E-state index contributed by atoms with van der Waals surface area (Å²) in [7, 11) is 0. The molecular weight excluding hydrogens is 242 g/mol. The van der Waals surface area contributed by atoms with Crippen LogP contribution in [0.15, 0.2) is 12.1 Å². The topological polar surface area (TPSA) is 61.2 Å². The Morgan fingerprint density at radius 1 is 1.22 bits per heavy atom. The zero-order valence-electron chi connectivity index (χ0n) is 9.41. The molecule has 92 valence electrons. The third-order valence-corrected chi connectivity index (χ3v) is 2.69. The summed E-state index contributed by atoms with van der Waals surface area (Å²) in [6, 6.07) is 3.31. The fourth-order valence-electron chi connectivity index (χ4n) is 1.76. The number of amides is 2. The van der Waals surface area contributed by atoms with Crippen molar-refractivity contribution >= 4 is 11.8 Å². The molecule has 1 aliphatic rings. The van der Waals surface area contributed by atoms with Crippen molar-refractivity contribution in [2.24, 2.45) is 5.92 Å². The van der Waals surface area contributed by atoms with E-state index in [1.807, 2.05) is 6.07 Å². The van der Waals surface area contributed by atoms with Gasteiger partial charge in [0.15, 0.2) is 11.6 Å². The van der Waals surface area contributed by atoms with E-state index in [0.29, 0.717) is 12.1 Å². The highest BCUT2D eigenvalue weighted by Crippen LogP contribution is 2.25. The van der Waals surface area contributed by atoms with Gasteiger partial charge in [-0.15, -0.1) is 0 Å². The second-order valence-electron chi connectivity index (χ2n) is 4.06. The van der Waals surface area contributed by atoms with Gasteiger partial charge < -0.3 is 0 Å². The molecule has 0 N–H and O–H groups in total. The fourth-order valence-corrected chi connectivity index (χ4v) is 1.76. The molecule has 1 heterocycles. The largest absolute Gasteiger partial charge is 0.273 e. The van der Waals surface area contributed by atoms with E-state index < -0.39 is 29.4 Å². The van der Waals surface area contributed by atoms with Gasteiger partial charge in [0.1, 0.15) is 0 Å². The first-order valence-corrected chi connectivity index (χ1v) is 5.20. The molecule has 0 saturated carbocycles. The molecule has 1 aliphatic heterocycles. The third-order valence-electron chi connectivity index (χ3n) is 2.69. The molecule has 6 heteroatoms. The van der Waals surface area contributed by atoms with Gasteiger partial charge in [0, 0.05) is 6.54 Å². The molecule has 0 radical (unpaired) electrons. The van der Waals surface area contributed by atoms with E-state index in [9.17, 15) is 18.4 Å². The smallest absolute Gasteiger partial charge is 0.261 e. The summed E-state index contributed by atoms with van der Waals surface area (Å²) in [5.74, 6) is -4.29. The van der Waals surface area contributed by atoms with Gasteiger partial charge in [0.05, 0.1) is 23.1 Å². The lowest BCUT2D eigenvalue weighted by molar-refractivity contribution is 0.0642. The average molecular weight is 250 g/mol. The Morgan fingerprint density at radius 3 is 2.06 bits per heavy atom. The van der Waals surface area contributed by atoms with Crippen molar-refractivity contribution in [1.82, 2.24) is 4.90 Å². The van der Waals surface area contributed by atoms with Crippen molar-refractivity contribution in [2.45, 2.75) is 6.92 Å². The fraction of sp³-hybridized carbons (Fsp3) is 0.250. The summed E-state index contributed by atoms with van der Waals surface area (Å²) in [5.41, 5.74) is -0.326. The number of halogens is 2. The highest BCUT2D eigenvalue weighted by Gasteiger charge is 2.37. The van der Waals surface area contributed by atoms with Crippen LogP contribution < -0.4 is 0 Å². The summed E-state index contributed by atoms with van der Waals surface area (Å²) in [4.78, 5) is 24.5. The zero-order chi connectivity index (χ0) is 13.4. The van der Waals surface area contributed by atoms with Crippen LogP contribution in [0.4, 0.5) is 8.78 Å². The second kappa shape index (κ2) is 4.18. The van der Waals surface area contributed by atoms with Crippen LogP contribution in [0.25, 0.3) is 0 Å². The maximum Gasteiger partial charge on any atom is 0.261 e. The molecule has 18 heavy (non-hydrogen) atoms. The number of imide groups is 1. The van der Waals surface area contributed by atoms with E-state index in [4.69, 9.17) is 5.26 Å². The Balaban J connectivity index is 2.42. The van der Waals surface area contributed by atoms with Crippen LogP contribution in [0.1, 0.15) is 27.6 Å². The molecule has 0 fully saturated rings. The van der Waals surface area contributed by atoms with Crippen molar-refractivity contribution < 1.29 is 18.4 Å². The normalized spacial score (nSPS) is 15.6. The van der Waals surface area contributed by atoms with Crippen LogP contribution in [0.5, 0.6) is 0 Å². The minimum atomic E-state index is -1.18. The standard InChI is InChI=1S/C12H8F2N2O2/c1-6(4-15)5-16-11(17)7-2-9(13)10(14)3-8(7)12(16)18/h2-3,6H,5H2,1H3. The molecule has 0 saturated heterocycles. The van der Waals surface area contributed by atoms with Gasteiger partial charge in [-0.2, -0.15) is 5.26 Å². The average Bonchev–Trinajstić information content (AvgIpc) is 2.55. The minimum absolute atomic E-state index is 0.0912. The highest BCUT2D eigenvalue weighted by atomic mass is 19.2. The lowest BCUT2D eigenvalue weighted by Crippen LogP contribution is -2.33. The van der Waals surface area contributed by atoms with Gasteiger partial charge >= 0.3 is 0 Å². The molecule has 1 atom stereocenters. The van der Waals surface area contributed by atoms with Crippen LogP contribution in [0, 0.1) is 28.9 Å². The van der Waals surface area contributed by atoms with E-state index in [0.717, 1.165) is 4.90 Å². The minimum Gasteiger partial charge on any atom is -0.273 e. The van der Waals surface area contributed by atoms with E-state index in [1.165, 1.54) is 0 Å². The summed E-state index contributed by atoms with van der Waals surface area (Å²) >= 11 is 0. The van der Waals surface area contributed by atoms with Crippen LogP contribution in [0.3, 0.4) is 0 Å². The Labute approximate surface area is 101 Å². The lowest BCUT2D eigenvalue weighted by atomic mass is 10.1. The van der Waals surface area contributed by atoms with Crippen molar-refractivity contribution in [3.63, 3.8) is 0 Å². The maximum atomic E-state index is 13.0. The van der Waals surface area contributed by atoms with Gasteiger partial charge in [-0.05, 0) is 19.1 Å². The van der Waals surface area contributed by atoms with Crippen molar-refractivity contribution in [2.75, 3.05) is 6.54 Å². The second-order valence-corrected chi connectivity index (χ2v) is 4.06. The molecule has 2 amide bonds. The first-order valence-electron chi connectivity index (χ1n) is 5.20. The van der Waals surface area contributed by atoms with Gasteiger partial charge in [0.25, 0.3) is 11.8 Å². The molecule has 2 rings (SSSR count). The summed E-state index contributed by atoms with van der Waals surface area (Å²) in [5, 5.41) is 8.65. The van der Waals surface area contributed by atoms with Crippen LogP contribution >= 0.6 is 0 Å². The number of carbonyl (C=O) groups excluding carboxylic acids is 2. The summed E-state index contributed by atoms with van der Waals surface area (Å²) in [6.07, 6.45) is 0.